The van der Waals surface area contributed by atoms with E-state index in [1.165, 1.54) is 0 Å². The van der Waals surface area contributed by atoms with Gasteiger partial charge in [-0.05, 0) is 18.6 Å². The van der Waals surface area contributed by atoms with Crippen LogP contribution in [0.15, 0.2) is 18.2 Å². The first-order valence-corrected chi connectivity index (χ1v) is 6.62. The van der Waals surface area contributed by atoms with Gasteiger partial charge in [0.1, 0.15) is 0 Å². The highest BCUT2D eigenvalue weighted by Gasteiger charge is 2.13. The summed E-state index contributed by atoms with van der Waals surface area (Å²) < 4.78 is 5.28. The summed E-state index contributed by atoms with van der Waals surface area (Å²) in [5.41, 5.74) is 7.87. The number of nitrogens with zero attached hydrogens (tertiary/aromatic N) is 1. The van der Waals surface area contributed by atoms with Crippen molar-refractivity contribution in [2.24, 2.45) is 0 Å². The van der Waals surface area contributed by atoms with Gasteiger partial charge in [-0.25, -0.2) is 0 Å². The van der Waals surface area contributed by atoms with E-state index < -0.39 is 0 Å². The minimum atomic E-state index is -0.0936. The predicted octanol–water partition coefficient (Wildman–Crippen LogP) is 0.639. The predicted molar refractivity (Wildman–Crippen MR) is 75.2 cm³/mol. The lowest BCUT2D eigenvalue weighted by molar-refractivity contribution is 0.0383. The molecule has 1 aliphatic heterocycles. The standard InChI is InChI=1S/C14H21N3O2/c1-11-3-2-4-12(15)13(11)14(18)16-5-6-17-7-9-19-10-8-17/h2-4H,5-10,15H2,1H3,(H,16,18). The van der Waals surface area contributed by atoms with E-state index in [4.69, 9.17) is 10.5 Å². The van der Waals surface area contributed by atoms with Crippen molar-refractivity contribution in [1.82, 2.24) is 10.2 Å². The Labute approximate surface area is 113 Å². The number of nitrogen functional groups attached to an aromatic ring is 1. The van der Waals surface area contributed by atoms with Crippen LogP contribution in [-0.4, -0.2) is 50.2 Å². The van der Waals surface area contributed by atoms with Crippen molar-refractivity contribution in [1.29, 1.82) is 0 Å². The van der Waals surface area contributed by atoms with Crippen molar-refractivity contribution in [2.45, 2.75) is 6.92 Å². The Bertz CT molecular complexity index is 422. The maximum Gasteiger partial charge on any atom is 0.253 e. The smallest absolute Gasteiger partial charge is 0.253 e. The minimum Gasteiger partial charge on any atom is -0.398 e. The van der Waals surface area contributed by atoms with Crippen LogP contribution < -0.4 is 11.1 Å². The van der Waals surface area contributed by atoms with E-state index in [1.54, 1.807) is 6.07 Å². The van der Waals surface area contributed by atoms with Crippen molar-refractivity contribution >= 4 is 11.6 Å². The number of carbonyl (C=O) groups is 1. The van der Waals surface area contributed by atoms with Gasteiger partial charge in [-0.1, -0.05) is 12.1 Å². The number of ether oxygens (including phenoxy) is 1. The van der Waals surface area contributed by atoms with Gasteiger partial charge in [0, 0.05) is 31.9 Å². The maximum absolute atomic E-state index is 12.1. The quantitative estimate of drug-likeness (QED) is 0.782. The van der Waals surface area contributed by atoms with Gasteiger partial charge in [-0.15, -0.1) is 0 Å². The molecule has 1 saturated heterocycles. The summed E-state index contributed by atoms with van der Waals surface area (Å²) in [7, 11) is 0. The Hall–Kier alpha value is -1.59. The molecule has 104 valence electrons. The Morgan fingerprint density at radius 3 is 2.84 bits per heavy atom. The van der Waals surface area contributed by atoms with Gasteiger partial charge in [0.15, 0.2) is 0 Å². The molecule has 1 aliphatic rings. The molecule has 1 aromatic carbocycles. The molecule has 1 amide bonds. The number of benzene rings is 1. The molecule has 2 rings (SSSR count). The second-order valence-corrected chi connectivity index (χ2v) is 4.75. The SMILES string of the molecule is Cc1cccc(N)c1C(=O)NCCN1CCOCC1. The van der Waals surface area contributed by atoms with E-state index in [-0.39, 0.29) is 5.91 Å². The minimum absolute atomic E-state index is 0.0936. The first-order chi connectivity index (χ1) is 9.18. The molecule has 0 aliphatic carbocycles. The second kappa shape index (κ2) is 6.54. The molecule has 0 atom stereocenters. The Balaban J connectivity index is 1.84. The van der Waals surface area contributed by atoms with Crippen molar-refractivity contribution in [3.8, 4) is 0 Å². The zero-order chi connectivity index (χ0) is 13.7. The normalized spacial score (nSPS) is 16.3. The average Bonchev–Trinajstić information content (AvgIpc) is 2.40. The van der Waals surface area contributed by atoms with Crippen LogP contribution >= 0.6 is 0 Å². The van der Waals surface area contributed by atoms with Crippen LogP contribution in [0.4, 0.5) is 5.69 Å². The molecule has 0 bridgehead atoms. The molecule has 1 aromatic rings. The molecule has 0 radical (unpaired) electrons. The Kier molecular flexibility index (Phi) is 4.76. The number of rotatable bonds is 4. The Morgan fingerprint density at radius 1 is 1.42 bits per heavy atom. The zero-order valence-corrected chi connectivity index (χ0v) is 11.3. The van der Waals surface area contributed by atoms with Crippen molar-refractivity contribution < 1.29 is 9.53 Å². The monoisotopic (exact) mass is 263 g/mol. The second-order valence-electron chi connectivity index (χ2n) is 4.75. The summed E-state index contributed by atoms with van der Waals surface area (Å²) in [4.78, 5) is 14.4. The van der Waals surface area contributed by atoms with Gasteiger partial charge in [-0.3, -0.25) is 9.69 Å². The van der Waals surface area contributed by atoms with Crippen LogP contribution in [0.5, 0.6) is 0 Å². The number of hydrogen-bond donors (Lipinski definition) is 2. The molecule has 1 heterocycles. The molecule has 3 N–H and O–H groups in total. The van der Waals surface area contributed by atoms with Crippen molar-refractivity contribution in [2.75, 3.05) is 45.1 Å². The molecule has 0 unspecified atom stereocenters. The van der Waals surface area contributed by atoms with Crippen LogP contribution in [0.2, 0.25) is 0 Å². The summed E-state index contributed by atoms with van der Waals surface area (Å²) in [5, 5.41) is 2.93. The summed E-state index contributed by atoms with van der Waals surface area (Å²) in [5.74, 6) is -0.0936. The van der Waals surface area contributed by atoms with Crippen LogP contribution in [-0.2, 0) is 4.74 Å². The van der Waals surface area contributed by atoms with E-state index in [0.717, 1.165) is 38.4 Å². The maximum atomic E-state index is 12.1. The zero-order valence-electron chi connectivity index (χ0n) is 11.3. The number of carbonyl (C=O) groups excluding carboxylic acids is 1. The molecule has 19 heavy (non-hydrogen) atoms. The van der Waals surface area contributed by atoms with Gasteiger partial charge >= 0.3 is 0 Å². The van der Waals surface area contributed by atoms with E-state index >= 15 is 0 Å². The van der Waals surface area contributed by atoms with Crippen molar-refractivity contribution in [3.63, 3.8) is 0 Å². The number of hydrogen-bond acceptors (Lipinski definition) is 4. The lowest BCUT2D eigenvalue weighted by Crippen LogP contribution is -2.41. The average molecular weight is 263 g/mol. The molecule has 0 saturated carbocycles. The summed E-state index contributed by atoms with van der Waals surface area (Å²) in [6, 6.07) is 5.51. The fourth-order valence-electron chi connectivity index (χ4n) is 2.24. The van der Waals surface area contributed by atoms with E-state index in [2.05, 4.69) is 10.2 Å². The molecule has 0 spiro atoms. The third kappa shape index (κ3) is 3.68. The first kappa shape index (κ1) is 13.8. The lowest BCUT2D eigenvalue weighted by atomic mass is 10.1. The van der Waals surface area contributed by atoms with Crippen LogP contribution in [0.25, 0.3) is 0 Å². The summed E-state index contributed by atoms with van der Waals surface area (Å²) in [6.45, 7) is 6.79. The number of nitrogens with one attached hydrogen (secondary N) is 1. The number of aryl methyl sites for hydroxylation is 1. The number of morpholine rings is 1. The molecule has 5 nitrogen and oxygen atoms in total. The number of amides is 1. The van der Waals surface area contributed by atoms with E-state index in [9.17, 15) is 4.79 Å². The van der Waals surface area contributed by atoms with Gasteiger partial charge in [0.2, 0.25) is 0 Å². The highest BCUT2D eigenvalue weighted by Crippen LogP contribution is 2.15. The van der Waals surface area contributed by atoms with Gasteiger partial charge in [0.25, 0.3) is 5.91 Å². The summed E-state index contributed by atoms with van der Waals surface area (Å²) >= 11 is 0. The summed E-state index contributed by atoms with van der Waals surface area (Å²) in [6.07, 6.45) is 0. The van der Waals surface area contributed by atoms with Crippen molar-refractivity contribution in [3.05, 3.63) is 29.3 Å². The van der Waals surface area contributed by atoms with Crippen LogP contribution in [0, 0.1) is 6.92 Å². The lowest BCUT2D eigenvalue weighted by Gasteiger charge is -2.26. The van der Waals surface area contributed by atoms with E-state index in [0.29, 0.717) is 17.8 Å². The molecular formula is C14H21N3O2. The third-order valence-corrected chi connectivity index (χ3v) is 3.35. The van der Waals surface area contributed by atoms with E-state index in [1.807, 2.05) is 19.1 Å². The van der Waals surface area contributed by atoms with Crippen LogP contribution in [0.3, 0.4) is 0 Å². The van der Waals surface area contributed by atoms with Gasteiger partial charge in [-0.2, -0.15) is 0 Å². The van der Waals surface area contributed by atoms with Gasteiger partial charge < -0.3 is 15.8 Å². The molecule has 1 fully saturated rings. The fraction of sp³-hybridized carbons (Fsp3) is 0.500. The first-order valence-electron chi connectivity index (χ1n) is 6.62. The highest BCUT2D eigenvalue weighted by molar-refractivity contribution is 6.00. The number of anilines is 1. The fourth-order valence-corrected chi connectivity index (χ4v) is 2.24. The molecule has 0 aromatic heterocycles. The highest BCUT2D eigenvalue weighted by atomic mass is 16.5. The topological polar surface area (TPSA) is 67.6 Å². The Morgan fingerprint density at radius 2 is 2.16 bits per heavy atom. The largest absolute Gasteiger partial charge is 0.398 e. The molecule has 5 heteroatoms. The van der Waals surface area contributed by atoms with Gasteiger partial charge in [0.05, 0.1) is 18.8 Å². The molecular weight excluding hydrogens is 242 g/mol. The van der Waals surface area contributed by atoms with Crippen LogP contribution in [0.1, 0.15) is 15.9 Å². The third-order valence-electron chi connectivity index (χ3n) is 3.35. The number of nitrogens with two attached hydrogens (primary N) is 1.